The van der Waals surface area contributed by atoms with Crippen LogP contribution in [0.5, 0.6) is 0 Å². The molecular weight excluding hydrogens is 318 g/mol. The molecular formula is C12H16BrNO3S. The van der Waals surface area contributed by atoms with Crippen LogP contribution in [0.3, 0.4) is 0 Å². The van der Waals surface area contributed by atoms with E-state index >= 15 is 0 Å². The Morgan fingerprint density at radius 3 is 2.83 bits per heavy atom. The summed E-state index contributed by atoms with van der Waals surface area (Å²) in [5.41, 5.74) is 0.912. The molecule has 1 aromatic carbocycles. The highest BCUT2D eigenvalue weighted by Crippen LogP contribution is 2.29. The first-order chi connectivity index (χ1) is 8.45. The van der Waals surface area contributed by atoms with Crippen molar-refractivity contribution in [3.8, 4) is 0 Å². The van der Waals surface area contributed by atoms with Crippen LogP contribution < -0.4 is 0 Å². The standard InChI is InChI=1S/C12H16BrNO3S/c1-9-2-3-11(13)12(6-9)18(16,17)14-5-4-10(7-14)8-15/h2-3,6,10,15H,4-5,7-8H2,1H3/t10-/m1/s1. The Labute approximate surface area is 116 Å². The van der Waals surface area contributed by atoms with Gasteiger partial charge < -0.3 is 5.11 Å². The van der Waals surface area contributed by atoms with Gasteiger partial charge in [0.2, 0.25) is 10.0 Å². The van der Waals surface area contributed by atoms with E-state index in [9.17, 15) is 8.42 Å². The Morgan fingerprint density at radius 2 is 2.22 bits per heavy atom. The fourth-order valence-corrected chi connectivity index (χ4v) is 4.65. The molecule has 2 rings (SSSR count). The monoisotopic (exact) mass is 333 g/mol. The van der Waals surface area contributed by atoms with E-state index in [1.165, 1.54) is 4.31 Å². The molecule has 1 saturated heterocycles. The van der Waals surface area contributed by atoms with Crippen LogP contribution in [0.15, 0.2) is 27.6 Å². The molecule has 0 bridgehead atoms. The fourth-order valence-electron chi connectivity index (χ4n) is 2.11. The second-order valence-electron chi connectivity index (χ2n) is 4.63. The molecule has 100 valence electrons. The average molecular weight is 334 g/mol. The second-order valence-corrected chi connectivity index (χ2v) is 7.39. The van der Waals surface area contributed by atoms with Crippen LogP contribution in [0.1, 0.15) is 12.0 Å². The largest absolute Gasteiger partial charge is 0.396 e. The highest BCUT2D eigenvalue weighted by atomic mass is 79.9. The number of sulfonamides is 1. The number of halogens is 1. The highest BCUT2D eigenvalue weighted by Gasteiger charge is 2.33. The van der Waals surface area contributed by atoms with E-state index in [2.05, 4.69) is 15.9 Å². The minimum atomic E-state index is -3.46. The first-order valence-corrected chi connectivity index (χ1v) is 8.05. The quantitative estimate of drug-likeness (QED) is 0.916. The Bertz CT molecular complexity index is 544. The van der Waals surface area contributed by atoms with E-state index in [4.69, 9.17) is 5.11 Å². The summed E-state index contributed by atoms with van der Waals surface area (Å²) < 4.78 is 27.0. The van der Waals surface area contributed by atoms with E-state index in [1.807, 2.05) is 13.0 Å². The van der Waals surface area contributed by atoms with Gasteiger partial charge >= 0.3 is 0 Å². The predicted octanol–water partition coefficient (Wildman–Crippen LogP) is 1.76. The van der Waals surface area contributed by atoms with E-state index < -0.39 is 10.0 Å². The topological polar surface area (TPSA) is 57.6 Å². The van der Waals surface area contributed by atoms with E-state index in [0.717, 1.165) is 12.0 Å². The number of hydrogen-bond donors (Lipinski definition) is 1. The van der Waals surface area contributed by atoms with Gasteiger partial charge in [-0.05, 0) is 52.9 Å². The van der Waals surface area contributed by atoms with Gasteiger partial charge in [0.05, 0.1) is 4.90 Å². The van der Waals surface area contributed by atoms with Crippen molar-refractivity contribution in [3.63, 3.8) is 0 Å². The summed E-state index contributed by atoms with van der Waals surface area (Å²) in [7, 11) is -3.46. The minimum absolute atomic E-state index is 0.0427. The van der Waals surface area contributed by atoms with Gasteiger partial charge in [0.1, 0.15) is 0 Å². The number of aryl methyl sites for hydroxylation is 1. The molecule has 0 radical (unpaired) electrons. The summed E-state index contributed by atoms with van der Waals surface area (Å²) in [6.07, 6.45) is 0.721. The number of aliphatic hydroxyl groups is 1. The normalized spacial score (nSPS) is 21.4. The molecule has 0 unspecified atom stereocenters. The van der Waals surface area contributed by atoms with Crippen molar-refractivity contribution in [1.29, 1.82) is 0 Å². The van der Waals surface area contributed by atoms with E-state index in [0.29, 0.717) is 22.5 Å². The lowest BCUT2D eigenvalue weighted by Gasteiger charge is -2.17. The SMILES string of the molecule is Cc1ccc(Br)c(S(=O)(=O)N2CC[C@@H](CO)C2)c1. The molecule has 1 aliphatic rings. The molecule has 0 aliphatic carbocycles. The van der Waals surface area contributed by atoms with Crippen molar-refractivity contribution in [2.24, 2.45) is 5.92 Å². The second kappa shape index (κ2) is 5.28. The van der Waals surface area contributed by atoms with Crippen LogP contribution in [0.2, 0.25) is 0 Å². The maximum Gasteiger partial charge on any atom is 0.244 e. The minimum Gasteiger partial charge on any atom is -0.396 e. The average Bonchev–Trinajstić information content (AvgIpc) is 2.81. The first kappa shape index (κ1) is 14.0. The van der Waals surface area contributed by atoms with Gasteiger partial charge in [0.15, 0.2) is 0 Å². The first-order valence-electron chi connectivity index (χ1n) is 5.82. The van der Waals surface area contributed by atoms with Crippen LogP contribution in [-0.2, 0) is 10.0 Å². The van der Waals surface area contributed by atoms with Crippen molar-refractivity contribution in [2.75, 3.05) is 19.7 Å². The highest BCUT2D eigenvalue weighted by molar-refractivity contribution is 9.10. The Balaban J connectivity index is 2.34. The smallest absolute Gasteiger partial charge is 0.244 e. The van der Waals surface area contributed by atoms with Crippen molar-refractivity contribution in [2.45, 2.75) is 18.2 Å². The Morgan fingerprint density at radius 1 is 1.50 bits per heavy atom. The molecule has 18 heavy (non-hydrogen) atoms. The molecule has 0 spiro atoms. The maximum atomic E-state index is 12.5. The summed E-state index contributed by atoms with van der Waals surface area (Å²) in [5, 5.41) is 9.09. The van der Waals surface area contributed by atoms with Gasteiger partial charge in [-0.2, -0.15) is 4.31 Å². The molecule has 1 heterocycles. The zero-order valence-corrected chi connectivity index (χ0v) is 12.5. The van der Waals surface area contributed by atoms with Crippen LogP contribution in [0.25, 0.3) is 0 Å². The molecule has 0 saturated carbocycles. The number of nitrogens with zero attached hydrogens (tertiary/aromatic N) is 1. The zero-order chi connectivity index (χ0) is 13.3. The van der Waals surface area contributed by atoms with Crippen molar-refractivity contribution >= 4 is 26.0 Å². The molecule has 1 aliphatic heterocycles. The third-order valence-electron chi connectivity index (χ3n) is 3.21. The number of aliphatic hydroxyl groups excluding tert-OH is 1. The van der Waals surface area contributed by atoms with Crippen LogP contribution in [-0.4, -0.2) is 37.5 Å². The summed E-state index contributed by atoms with van der Waals surface area (Å²) >= 11 is 3.29. The number of hydrogen-bond acceptors (Lipinski definition) is 3. The lowest BCUT2D eigenvalue weighted by molar-refractivity contribution is 0.233. The molecule has 0 aromatic heterocycles. The van der Waals surface area contributed by atoms with Crippen molar-refractivity contribution in [1.82, 2.24) is 4.31 Å². The zero-order valence-electron chi connectivity index (χ0n) is 10.1. The number of rotatable bonds is 3. The summed E-state index contributed by atoms with van der Waals surface area (Å²) in [5.74, 6) is 0.0587. The Hall–Kier alpha value is -0.430. The van der Waals surface area contributed by atoms with Crippen LogP contribution in [0, 0.1) is 12.8 Å². The summed E-state index contributed by atoms with van der Waals surface area (Å²) in [6, 6.07) is 5.29. The molecule has 1 atom stereocenters. The lowest BCUT2D eigenvalue weighted by atomic mass is 10.1. The van der Waals surface area contributed by atoms with Gasteiger partial charge in [-0.1, -0.05) is 6.07 Å². The molecule has 6 heteroatoms. The van der Waals surface area contributed by atoms with E-state index in [1.54, 1.807) is 12.1 Å². The van der Waals surface area contributed by atoms with E-state index in [-0.39, 0.29) is 12.5 Å². The third-order valence-corrected chi connectivity index (χ3v) is 6.07. The van der Waals surface area contributed by atoms with Gasteiger partial charge in [0, 0.05) is 24.2 Å². The van der Waals surface area contributed by atoms with Crippen molar-refractivity contribution < 1.29 is 13.5 Å². The van der Waals surface area contributed by atoms with Gasteiger partial charge in [-0.3, -0.25) is 0 Å². The predicted molar refractivity (Wildman–Crippen MR) is 72.8 cm³/mol. The molecule has 1 aromatic rings. The van der Waals surface area contributed by atoms with Crippen LogP contribution >= 0.6 is 15.9 Å². The number of benzene rings is 1. The van der Waals surface area contributed by atoms with Gasteiger partial charge in [-0.25, -0.2) is 8.42 Å². The fraction of sp³-hybridized carbons (Fsp3) is 0.500. The lowest BCUT2D eigenvalue weighted by Crippen LogP contribution is -2.29. The molecule has 1 N–H and O–H groups in total. The van der Waals surface area contributed by atoms with Gasteiger partial charge in [-0.15, -0.1) is 0 Å². The maximum absolute atomic E-state index is 12.5. The van der Waals surface area contributed by atoms with Gasteiger partial charge in [0.25, 0.3) is 0 Å². The summed E-state index contributed by atoms with van der Waals surface area (Å²) in [6.45, 7) is 2.79. The summed E-state index contributed by atoms with van der Waals surface area (Å²) in [4.78, 5) is 0.307. The molecule has 0 amide bonds. The molecule has 1 fully saturated rings. The third kappa shape index (κ3) is 2.61. The molecule has 4 nitrogen and oxygen atoms in total. The Kier molecular flexibility index (Phi) is 4.11. The van der Waals surface area contributed by atoms with Crippen molar-refractivity contribution in [3.05, 3.63) is 28.2 Å². The van der Waals surface area contributed by atoms with Crippen LogP contribution in [0.4, 0.5) is 0 Å².